The van der Waals surface area contributed by atoms with Gasteiger partial charge in [0.05, 0.1) is 16.6 Å². The zero-order valence-corrected chi connectivity index (χ0v) is 13.2. The van der Waals surface area contributed by atoms with Gasteiger partial charge in [-0.15, -0.1) is 0 Å². The molecule has 2 rings (SSSR count). The topological polar surface area (TPSA) is 69.6 Å². The average Bonchev–Trinajstić information content (AvgIpc) is 2.78. The second kappa shape index (κ2) is 6.12. The van der Waals surface area contributed by atoms with E-state index in [0.717, 1.165) is 5.56 Å². The Bertz CT molecular complexity index is 592. The second-order valence-corrected chi connectivity index (χ2v) is 6.15. The Morgan fingerprint density at radius 3 is 2.52 bits per heavy atom. The van der Waals surface area contributed by atoms with Gasteiger partial charge in [-0.05, 0) is 30.5 Å². The highest BCUT2D eigenvalue weighted by molar-refractivity contribution is 6.36. The molecule has 1 aromatic carbocycles. The van der Waals surface area contributed by atoms with Crippen molar-refractivity contribution < 1.29 is 14.7 Å². The fourth-order valence-electron chi connectivity index (χ4n) is 2.39. The van der Waals surface area contributed by atoms with Gasteiger partial charge >= 0.3 is 12.0 Å². The molecule has 0 saturated carbocycles. The predicted octanol–water partition coefficient (Wildman–Crippen LogP) is 3.49. The number of halogens is 2. The van der Waals surface area contributed by atoms with Gasteiger partial charge in [-0.3, -0.25) is 4.79 Å². The quantitative estimate of drug-likeness (QED) is 0.872. The summed E-state index contributed by atoms with van der Waals surface area (Å²) in [7, 11) is 0. The maximum absolute atomic E-state index is 12.2. The molecular formula is C14H16Cl2N2O3. The smallest absolute Gasteiger partial charge is 0.321 e. The molecule has 2 amide bonds. The van der Waals surface area contributed by atoms with Crippen LogP contribution in [0.3, 0.4) is 0 Å². The number of carbonyl (C=O) groups excluding carboxylic acids is 1. The van der Waals surface area contributed by atoms with Gasteiger partial charge in [0.25, 0.3) is 0 Å². The first-order chi connectivity index (χ1) is 9.79. The van der Waals surface area contributed by atoms with Gasteiger partial charge in [0, 0.05) is 18.1 Å². The van der Waals surface area contributed by atoms with Crippen LogP contribution in [0.15, 0.2) is 12.1 Å². The standard InChI is InChI=1S/C14H16Cl2N2O3/c1-7-3-11(16)12(4-10(7)15)17-14(21)18-5-8(2)9(6-18)13(19)20/h3-4,8-9H,5-6H2,1-2H3,(H,17,21)(H,19,20)/t8-,9-/m1/s1. The number of aliphatic carboxylic acids is 1. The number of carboxylic acid groups (broad SMARTS) is 1. The Labute approximate surface area is 132 Å². The van der Waals surface area contributed by atoms with Crippen LogP contribution >= 0.6 is 23.2 Å². The molecule has 0 spiro atoms. The van der Waals surface area contributed by atoms with Crippen molar-refractivity contribution in [1.82, 2.24) is 4.90 Å². The number of amides is 2. The molecule has 21 heavy (non-hydrogen) atoms. The molecule has 1 fully saturated rings. The largest absolute Gasteiger partial charge is 0.481 e. The minimum absolute atomic E-state index is 0.0784. The molecule has 0 aromatic heterocycles. The summed E-state index contributed by atoms with van der Waals surface area (Å²) in [6.07, 6.45) is 0. The van der Waals surface area contributed by atoms with Gasteiger partial charge in [0.2, 0.25) is 0 Å². The van der Waals surface area contributed by atoms with Crippen LogP contribution in [0, 0.1) is 18.8 Å². The molecule has 0 unspecified atom stereocenters. The molecule has 5 nitrogen and oxygen atoms in total. The van der Waals surface area contributed by atoms with E-state index < -0.39 is 11.9 Å². The number of nitrogens with one attached hydrogen (secondary N) is 1. The van der Waals surface area contributed by atoms with Crippen molar-refractivity contribution in [3.63, 3.8) is 0 Å². The van der Waals surface area contributed by atoms with E-state index in [1.54, 1.807) is 12.1 Å². The third-order valence-electron chi connectivity index (χ3n) is 3.71. The molecule has 1 heterocycles. The van der Waals surface area contributed by atoms with Crippen molar-refractivity contribution in [2.24, 2.45) is 11.8 Å². The number of nitrogens with zero attached hydrogens (tertiary/aromatic N) is 1. The summed E-state index contributed by atoms with van der Waals surface area (Å²) in [6.45, 7) is 4.24. The zero-order chi connectivity index (χ0) is 15.7. The number of hydrogen-bond acceptors (Lipinski definition) is 2. The van der Waals surface area contributed by atoms with E-state index in [9.17, 15) is 9.59 Å². The normalized spacial score (nSPS) is 21.4. The summed E-state index contributed by atoms with van der Waals surface area (Å²) in [5, 5.41) is 12.7. The summed E-state index contributed by atoms with van der Waals surface area (Å²) in [5.41, 5.74) is 1.24. The van der Waals surface area contributed by atoms with Crippen LogP contribution in [0.4, 0.5) is 10.5 Å². The molecule has 1 aromatic rings. The average molecular weight is 331 g/mol. The molecule has 1 aliphatic rings. The molecule has 0 bridgehead atoms. The first-order valence-corrected chi connectivity index (χ1v) is 7.29. The number of carboxylic acids is 1. The molecule has 0 aliphatic carbocycles. The molecule has 0 radical (unpaired) electrons. The number of likely N-dealkylation sites (tertiary alicyclic amines) is 1. The van der Waals surface area contributed by atoms with Gasteiger partial charge < -0.3 is 15.3 Å². The van der Waals surface area contributed by atoms with Crippen LogP contribution in [-0.2, 0) is 4.79 Å². The minimum atomic E-state index is -0.880. The van der Waals surface area contributed by atoms with Crippen LogP contribution < -0.4 is 5.32 Å². The van der Waals surface area contributed by atoms with E-state index in [1.165, 1.54) is 4.90 Å². The number of rotatable bonds is 2. The van der Waals surface area contributed by atoms with E-state index in [0.29, 0.717) is 22.3 Å². The summed E-state index contributed by atoms with van der Waals surface area (Å²) >= 11 is 12.1. The van der Waals surface area contributed by atoms with Crippen molar-refractivity contribution in [3.05, 3.63) is 27.7 Å². The highest BCUT2D eigenvalue weighted by Crippen LogP contribution is 2.30. The Balaban J connectivity index is 2.09. The maximum Gasteiger partial charge on any atom is 0.321 e. The minimum Gasteiger partial charge on any atom is -0.481 e. The van der Waals surface area contributed by atoms with Crippen LogP contribution in [0.5, 0.6) is 0 Å². The molecular weight excluding hydrogens is 315 g/mol. The fourth-order valence-corrected chi connectivity index (χ4v) is 2.82. The Hall–Kier alpha value is -1.46. The summed E-state index contributed by atoms with van der Waals surface area (Å²) in [6, 6.07) is 2.89. The monoisotopic (exact) mass is 330 g/mol. The van der Waals surface area contributed by atoms with Crippen LogP contribution in [0.1, 0.15) is 12.5 Å². The summed E-state index contributed by atoms with van der Waals surface area (Å²) < 4.78 is 0. The van der Waals surface area contributed by atoms with Crippen molar-refractivity contribution >= 4 is 40.9 Å². The molecule has 114 valence electrons. The summed E-state index contributed by atoms with van der Waals surface area (Å²) in [5.74, 6) is -1.49. The summed E-state index contributed by atoms with van der Waals surface area (Å²) in [4.78, 5) is 24.8. The van der Waals surface area contributed by atoms with Crippen molar-refractivity contribution in [2.45, 2.75) is 13.8 Å². The number of urea groups is 1. The SMILES string of the molecule is Cc1cc(Cl)c(NC(=O)N2C[C@@H](C)[C@H](C(=O)O)C2)cc1Cl. The lowest BCUT2D eigenvalue weighted by Gasteiger charge is -2.18. The first kappa shape index (κ1) is 15.9. The number of hydrogen-bond donors (Lipinski definition) is 2. The molecule has 2 atom stereocenters. The Morgan fingerprint density at radius 2 is 1.95 bits per heavy atom. The molecule has 7 heteroatoms. The third kappa shape index (κ3) is 3.41. The number of benzene rings is 1. The van der Waals surface area contributed by atoms with Gasteiger partial charge in [0.1, 0.15) is 0 Å². The second-order valence-electron chi connectivity index (χ2n) is 5.34. The lowest BCUT2D eigenvalue weighted by atomic mass is 9.99. The van der Waals surface area contributed by atoms with Crippen LogP contribution in [0.25, 0.3) is 0 Å². The number of aryl methyl sites for hydroxylation is 1. The van der Waals surface area contributed by atoms with Crippen molar-refractivity contribution in [3.8, 4) is 0 Å². The van der Waals surface area contributed by atoms with E-state index in [2.05, 4.69) is 5.32 Å². The zero-order valence-electron chi connectivity index (χ0n) is 11.7. The van der Waals surface area contributed by atoms with Crippen molar-refractivity contribution in [1.29, 1.82) is 0 Å². The maximum atomic E-state index is 12.2. The van der Waals surface area contributed by atoms with E-state index in [4.69, 9.17) is 28.3 Å². The van der Waals surface area contributed by atoms with Crippen LogP contribution in [0.2, 0.25) is 10.0 Å². The Kier molecular flexibility index (Phi) is 4.64. The van der Waals surface area contributed by atoms with Crippen molar-refractivity contribution in [2.75, 3.05) is 18.4 Å². The van der Waals surface area contributed by atoms with Gasteiger partial charge in [-0.1, -0.05) is 30.1 Å². The highest BCUT2D eigenvalue weighted by Gasteiger charge is 2.37. The van der Waals surface area contributed by atoms with Gasteiger partial charge in [0.15, 0.2) is 0 Å². The van der Waals surface area contributed by atoms with Gasteiger partial charge in [-0.25, -0.2) is 4.79 Å². The molecule has 2 N–H and O–H groups in total. The predicted molar refractivity (Wildman–Crippen MR) is 82.1 cm³/mol. The highest BCUT2D eigenvalue weighted by atomic mass is 35.5. The molecule has 1 saturated heterocycles. The van der Waals surface area contributed by atoms with Crippen LogP contribution in [-0.4, -0.2) is 35.1 Å². The Morgan fingerprint density at radius 1 is 1.29 bits per heavy atom. The molecule has 1 aliphatic heterocycles. The lowest BCUT2D eigenvalue weighted by molar-refractivity contribution is -0.142. The van der Waals surface area contributed by atoms with E-state index in [-0.39, 0.29) is 18.5 Å². The first-order valence-electron chi connectivity index (χ1n) is 6.54. The fraction of sp³-hybridized carbons (Fsp3) is 0.429. The lowest BCUT2D eigenvalue weighted by Crippen LogP contribution is -2.33. The van der Waals surface area contributed by atoms with E-state index in [1.807, 2.05) is 13.8 Å². The van der Waals surface area contributed by atoms with E-state index >= 15 is 0 Å². The third-order valence-corrected chi connectivity index (χ3v) is 4.43. The van der Waals surface area contributed by atoms with Gasteiger partial charge in [-0.2, -0.15) is 0 Å². The number of carbonyl (C=O) groups is 2. The number of anilines is 1.